The number of rotatable bonds is 1. The summed E-state index contributed by atoms with van der Waals surface area (Å²) in [5.41, 5.74) is 2.45. The molecule has 134 valence electrons. The predicted molar refractivity (Wildman–Crippen MR) is 105 cm³/mol. The largest absolute Gasteiger partial charge is 0.372 e. The Hall–Kier alpha value is -1.59. The number of amidine groups is 1. The predicted octanol–water partition coefficient (Wildman–Crippen LogP) is 4.06. The molecular weight excluding hydrogens is 332 g/mol. The summed E-state index contributed by atoms with van der Waals surface area (Å²) in [5, 5.41) is 0.796. The summed E-state index contributed by atoms with van der Waals surface area (Å²) < 4.78 is 5.76. The zero-order valence-corrected chi connectivity index (χ0v) is 16.4. The topological polar surface area (TPSA) is 41.9 Å². The molecule has 0 N–H and O–H groups in total. The fourth-order valence-corrected chi connectivity index (χ4v) is 4.03. The second kappa shape index (κ2) is 6.96. The minimum Gasteiger partial charge on any atom is -0.372 e. The first-order valence-corrected chi connectivity index (χ1v) is 9.57. The van der Waals surface area contributed by atoms with Crippen LogP contribution in [0.25, 0.3) is 6.08 Å². The third-order valence-electron chi connectivity index (χ3n) is 4.37. The number of nitrogens with zero attached hydrogens (tertiary/aromatic N) is 2. The van der Waals surface area contributed by atoms with Crippen LogP contribution in [-0.2, 0) is 14.9 Å². The molecule has 1 saturated heterocycles. The molecular formula is C20H26N2O2S. The number of hydrogen-bond acceptors (Lipinski definition) is 4. The van der Waals surface area contributed by atoms with Crippen LogP contribution in [0.4, 0.5) is 0 Å². The number of carbonyl (C=O) groups excluding carboxylic acids is 1. The van der Waals surface area contributed by atoms with Gasteiger partial charge in [-0.3, -0.25) is 4.79 Å². The molecule has 2 unspecified atom stereocenters. The van der Waals surface area contributed by atoms with Crippen molar-refractivity contribution in [1.82, 2.24) is 4.90 Å². The van der Waals surface area contributed by atoms with Crippen LogP contribution in [-0.4, -0.2) is 41.3 Å². The first kappa shape index (κ1) is 18.2. The van der Waals surface area contributed by atoms with E-state index in [0.717, 1.165) is 23.8 Å². The van der Waals surface area contributed by atoms with Crippen LogP contribution in [0.15, 0.2) is 34.2 Å². The summed E-state index contributed by atoms with van der Waals surface area (Å²) in [5.74, 6) is -0.147. The van der Waals surface area contributed by atoms with Crippen LogP contribution in [0.2, 0.25) is 0 Å². The molecule has 2 atom stereocenters. The summed E-state index contributed by atoms with van der Waals surface area (Å²) in [4.78, 5) is 19.4. The van der Waals surface area contributed by atoms with Gasteiger partial charge in [-0.15, -0.1) is 0 Å². The quantitative estimate of drug-likeness (QED) is 0.710. The molecule has 4 nitrogen and oxygen atoms in total. The van der Waals surface area contributed by atoms with Crippen LogP contribution < -0.4 is 0 Å². The van der Waals surface area contributed by atoms with E-state index < -0.39 is 0 Å². The number of aliphatic imine (C=N–C) groups is 1. The first-order valence-electron chi connectivity index (χ1n) is 8.76. The molecule has 1 fully saturated rings. The van der Waals surface area contributed by atoms with E-state index in [1.807, 2.05) is 6.08 Å². The second-order valence-corrected chi connectivity index (χ2v) is 8.85. The molecule has 1 amide bonds. The molecule has 2 heterocycles. The molecule has 1 aromatic rings. The number of morpholine rings is 1. The molecule has 0 aromatic heterocycles. The van der Waals surface area contributed by atoms with Crippen LogP contribution in [0.5, 0.6) is 0 Å². The van der Waals surface area contributed by atoms with Crippen LogP contribution >= 0.6 is 11.8 Å². The Morgan fingerprint density at radius 2 is 1.76 bits per heavy atom. The average Bonchev–Trinajstić information content (AvgIpc) is 2.87. The van der Waals surface area contributed by atoms with Crippen molar-refractivity contribution in [3.8, 4) is 0 Å². The van der Waals surface area contributed by atoms with E-state index in [2.05, 4.69) is 68.8 Å². The number of ether oxygens (including phenoxy) is 1. The van der Waals surface area contributed by atoms with Gasteiger partial charge in [-0.25, -0.2) is 0 Å². The van der Waals surface area contributed by atoms with Gasteiger partial charge in [-0.05, 0) is 48.2 Å². The zero-order chi connectivity index (χ0) is 18.2. The van der Waals surface area contributed by atoms with Gasteiger partial charge in [-0.2, -0.15) is 4.99 Å². The van der Waals surface area contributed by atoms with Crippen LogP contribution in [0.1, 0.15) is 45.7 Å². The maximum absolute atomic E-state index is 12.3. The summed E-state index contributed by atoms with van der Waals surface area (Å²) in [6.07, 6.45) is 2.24. The van der Waals surface area contributed by atoms with Gasteiger partial charge in [-0.1, -0.05) is 45.0 Å². The molecule has 2 aliphatic heterocycles. The Kier molecular flexibility index (Phi) is 5.07. The molecule has 2 aliphatic rings. The summed E-state index contributed by atoms with van der Waals surface area (Å²) in [6, 6.07) is 8.39. The van der Waals surface area contributed by atoms with Crippen molar-refractivity contribution >= 4 is 28.9 Å². The average molecular weight is 359 g/mol. The van der Waals surface area contributed by atoms with E-state index in [4.69, 9.17) is 4.74 Å². The molecule has 0 bridgehead atoms. The number of carbonyl (C=O) groups is 1. The summed E-state index contributed by atoms with van der Waals surface area (Å²) in [7, 11) is 0. The lowest BCUT2D eigenvalue weighted by Gasteiger charge is -2.35. The highest BCUT2D eigenvalue weighted by atomic mass is 32.2. The van der Waals surface area contributed by atoms with Crippen molar-refractivity contribution in [3.63, 3.8) is 0 Å². The number of benzene rings is 1. The molecule has 0 spiro atoms. The monoisotopic (exact) mass is 358 g/mol. The second-order valence-electron chi connectivity index (χ2n) is 7.84. The third-order valence-corrected chi connectivity index (χ3v) is 5.42. The normalized spacial score (nSPS) is 26.3. The van der Waals surface area contributed by atoms with E-state index in [1.165, 1.54) is 17.3 Å². The van der Waals surface area contributed by atoms with Crippen molar-refractivity contribution < 1.29 is 9.53 Å². The summed E-state index contributed by atoms with van der Waals surface area (Å²) in [6.45, 7) is 12.2. The van der Waals surface area contributed by atoms with Crippen molar-refractivity contribution in [2.75, 3.05) is 13.1 Å². The molecule has 0 radical (unpaired) electrons. The van der Waals surface area contributed by atoms with Gasteiger partial charge in [0.2, 0.25) is 0 Å². The standard InChI is InChI=1S/C20H26N2O2S/c1-13-11-22(12-14(2)24-13)19-21-18(23)17(25-19)10-15-6-8-16(9-7-15)20(3,4)5/h6-10,13-14H,11-12H2,1-5H3. The first-order chi connectivity index (χ1) is 11.7. The molecule has 1 aromatic carbocycles. The molecule has 0 saturated carbocycles. The van der Waals surface area contributed by atoms with Gasteiger partial charge in [0.25, 0.3) is 5.91 Å². The van der Waals surface area contributed by atoms with Gasteiger partial charge in [0.05, 0.1) is 17.1 Å². The number of thioether (sulfide) groups is 1. The van der Waals surface area contributed by atoms with Gasteiger partial charge in [0.15, 0.2) is 5.17 Å². The van der Waals surface area contributed by atoms with E-state index >= 15 is 0 Å². The van der Waals surface area contributed by atoms with Gasteiger partial charge in [0, 0.05) is 13.1 Å². The Morgan fingerprint density at radius 1 is 1.16 bits per heavy atom. The Balaban J connectivity index is 1.73. The Bertz CT molecular complexity index is 706. The molecule has 0 aliphatic carbocycles. The number of hydrogen-bond donors (Lipinski definition) is 0. The lowest BCUT2D eigenvalue weighted by molar-refractivity contribution is -0.113. The van der Waals surface area contributed by atoms with Crippen molar-refractivity contribution in [2.24, 2.45) is 4.99 Å². The smallest absolute Gasteiger partial charge is 0.286 e. The Labute approximate surface area is 154 Å². The van der Waals surface area contributed by atoms with E-state index in [-0.39, 0.29) is 23.5 Å². The summed E-state index contributed by atoms with van der Waals surface area (Å²) >= 11 is 1.47. The van der Waals surface area contributed by atoms with Crippen LogP contribution in [0, 0.1) is 0 Å². The van der Waals surface area contributed by atoms with Crippen LogP contribution in [0.3, 0.4) is 0 Å². The minimum absolute atomic E-state index is 0.129. The van der Waals surface area contributed by atoms with Crippen molar-refractivity contribution in [3.05, 3.63) is 40.3 Å². The molecule has 5 heteroatoms. The molecule has 25 heavy (non-hydrogen) atoms. The maximum Gasteiger partial charge on any atom is 0.286 e. The maximum atomic E-state index is 12.3. The van der Waals surface area contributed by atoms with Gasteiger partial charge in [0.1, 0.15) is 0 Å². The zero-order valence-electron chi connectivity index (χ0n) is 15.6. The minimum atomic E-state index is -0.147. The van der Waals surface area contributed by atoms with Crippen molar-refractivity contribution in [1.29, 1.82) is 0 Å². The van der Waals surface area contributed by atoms with E-state index in [0.29, 0.717) is 4.91 Å². The highest BCUT2D eigenvalue weighted by Gasteiger charge is 2.31. The fraction of sp³-hybridized carbons (Fsp3) is 0.500. The van der Waals surface area contributed by atoms with E-state index in [1.54, 1.807) is 0 Å². The highest BCUT2D eigenvalue weighted by Crippen LogP contribution is 2.32. The molecule has 3 rings (SSSR count). The van der Waals surface area contributed by atoms with Crippen molar-refractivity contribution in [2.45, 2.75) is 52.2 Å². The lowest BCUT2D eigenvalue weighted by Crippen LogP contribution is -2.47. The third kappa shape index (κ3) is 4.33. The Morgan fingerprint density at radius 3 is 2.32 bits per heavy atom. The van der Waals surface area contributed by atoms with E-state index in [9.17, 15) is 4.79 Å². The lowest BCUT2D eigenvalue weighted by atomic mass is 9.87. The van der Waals surface area contributed by atoms with Gasteiger partial charge >= 0.3 is 0 Å². The highest BCUT2D eigenvalue weighted by molar-refractivity contribution is 8.18. The fourth-order valence-electron chi connectivity index (χ4n) is 3.10. The SMILES string of the molecule is CC1CN(C2=NC(=O)C(=Cc3ccc(C(C)(C)C)cc3)S2)CC(C)O1. The van der Waals surface area contributed by atoms with Gasteiger partial charge < -0.3 is 9.64 Å². The number of amides is 1.